The van der Waals surface area contributed by atoms with Gasteiger partial charge in [0.05, 0.1) is 22.3 Å². The molecule has 1 aliphatic heterocycles. The number of hydrogen-bond donors (Lipinski definition) is 3. The number of carboxylic acid groups (broad SMARTS) is 1. The number of aryl methyl sites for hydroxylation is 1. The first-order chi connectivity index (χ1) is 19.7. The normalized spacial score (nSPS) is 20.3. The number of hydrogen-bond acceptors (Lipinski definition) is 8. The van der Waals surface area contributed by atoms with Gasteiger partial charge in [0.25, 0.3) is 0 Å². The zero-order valence-corrected chi connectivity index (χ0v) is 22.5. The molecule has 1 saturated heterocycles. The summed E-state index contributed by atoms with van der Waals surface area (Å²) in [6.45, 7) is 1.42. The van der Waals surface area contributed by atoms with Gasteiger partial charge >= 0.3 is 5.97 Å². The van der Waals surface area contributed by atoms with Crippen molar-refractivity contribution in [3.05, 3.63) is 69.1 Å². The van der Waals surface area contributed by atoms with E-state index in [1.165, 1.54) is 16.8 Å². The molecule has 4 N–H and O–H groups in total. The highest BCUT2D eigenvalue weighted by atomic mass is 19.1. The smallest absolute Gasteiger partial charge is 0.341 e. The van der Waals surface area contributed by atoms with Crippen molar-refractivity contribution in [2.24, 2.45) is 18.2 Å². The molecule has 0 radical (unpaired) electrons. The summed E-state index contributed by atoms with van der Waals surface area (Å²) in [5, 5.41) is 22.9. The number of aromatic carboxylic acids is 1. The van der Waals surface area contributed by atoms with E-state index in [4.69, 9.17) is 10.7 Å². The monoisotopic (exact) mass is 551 g/mol. The van der Waals surface area contributed by atoms with Crippen molar-refractivity contribution in [1.82, 2.24) is 14.5 Å². The van der Waals surface area contributed by atoms with Gasteiger partial charge in [-0.15, -0.1) is 0 Å². The Hall–Kier alpha value is -4.82. The zero-order valence-electron chi connectivity index (χ0n) is 22.5. The molecule has 2 atom stereocenters. The van der Waals surface area contributed by atoms with Crippen molar-refractivity contribution >= 4 is 28.4 Å². The predicted molar refractivity (Wildman–Crippen MR) is 151 cm³/mol. The molecule has 2 fully saturated rings. The minimum absolute atomic E-state index is 0.0128. The number of carboxylic acids is 1. The first-order valence-electron chi connectivity index (χ1n) is 13.4. The molecule has 3 aliphatic rings. The van der Waals surface area contributed by atoms with Crippen LogP contribution in [0.25, 0.3) is 33.3 Å². The number of rotatable bonds is 4. The number of nitrogens with two attached hydrogens (primary N) is 1. The van der Waals surface area contributed by atoms with E-state index in [0.717, 1.165) is 29.8 Å². The predicted octanol–water partition coefficient (Wildman–Crippen LogP) is 3.24. The summed E-state index contributed by atoms with van der Waals surface area (Å²) in [4.78, 5) is 36.5. The maximum atomic E-state index is 15.3. The maximum Gasteiger partial charge on any atom is 0.341 e. The van der Waals surface area contributed by atoms with Gasteiger partial charge in [-0.2, -0.15) is 5.26 Å². The Labute approximate surface area is 233 Å². The van der Waals surface area contributed by atoms with E-state index >= 15 is 4.39 Å². The van der Waals surface area contributed by atoms with Crippen LogP contribution in [0.5, 0.6) is 0 Å². The average molecular weight is 552 g/mol. The third kappa shape index (κ3) is 3.50. The summed E-state index contributed by atoms with van der Waals surface area (Å²) in [5.74, 6) is -1.93. The maximum absolute atomic E-state index is 15.3. The van der Waals surface area contributed by atoms with Gasteiger partial charge in [0.1, 0.15) is 23.1 Å². The van der Waals surface area contributed by atoms with Gasteiger partial charge in [0, 0.05) is 91.6 Å². The lowest BCUT2D eigenvalue weighted by atomic mass is 9.94. The van der Waals surface area contributed by atoms with E-state index in [2.05, 4.69) is 21.3 Å². The number of fused-ring (bicyclic) bond motifs is 4. The van der Waals surface area contributed by atoms with Crippen molar-refractivity contribution in [2.45, 2.75) is 25.3 Å². The van der Waals surface area contributed by atoms with Crippen molar-refractivity contribution in [2.75, 3.05) is 30.4 Å². The van der Waals surface area contributed by atoms with Crippen LogP contribution in [0.1, 0.15) is 40.0 Å². The Morgan fingerprint density at radius 3 is 2.73 bits per heavy atom. The van der Waals surface area contributed by atoms with Crippen molar-refractivity contribution in [1.29, 1.82) is 5.26 Å². The Morgan fingerprint density at radius 1 is 1.29 bits per heavy atom. The molecule has 1 saturated carbocycles. The summed E-state index contributed by atoms with van der Waals surface area (Å²) >= 11 is 0. The van der Waals surface area contributed by atoms with Crippen molar-refractivity contribution in [3.8, 4) is 28.3 Å². The molecule has 1 spiro atoms. The number of nitrogens with zero attached hydrogens (tertiary/aromatic N) is 5. The summed E-state index contributed by atoms with van der Waals surface area (Å²) in [7, 11) is 3.36. The van der Waals surface area contributed by atoms with Gasteiger partial charge < -0.3 is 25.6 Å². The molecule has 41 heavy (non-hydrogen) atoms. The molecule has 0 unspecified atom stereocenters. The fourth-order valence-corrected chi connectivity index (χ4v) is 6.73. The van der Waals surface area contributed by atoms with Gasteiger partial charge in [0.15, 0.2) is 0 Å². The molecule has 3 aromatic heterocycles. The minimum Gasteiger partial charge on any atom is -0.477 e. The number of carbonyl (C=O) groups is 1. The van der Waals surface area contributed by atoms with Crippen LogP contribution < -0.4 is 21.4 Å². The van der Waals surface area contributed by atoms with Crippen LogP contribution in [-0.2, 0) is 13.5 Å². The second kappa shape index (κ2) is 8.59. The summed E-state index contributed by atoms with van der Waals surface area (Å²) in [5.41, 5.74) is 11.1. The topological polar surface area (TPSA) is 150 Å². The molecule has 7 rings (SSSR count). The lowest BCUT2D eigenvalue weighted by Gasteiger charge is -2.26. The van der Waals surface area contributed by atoms with E-state index in [1.54, 1.807) is 32.6 Å². The number of nitrogens with one attached hydrogen (secondary N) is 1. The molecule has 0 bridgehead atoms. The fraction of sp³-hybridized carbons (Fsp3) is 0.300. The zero-order chi connectivity index (χ0) is 28.8. The lowest BCUT2D eigenvalue weighted by molar-refractivity contribution is 0.0695. The fourth-order valence-electron chi connectivity index (χ4n) is 6.73. The molecule has 206 valence electrons. The Morgan fingerprint density at radius 2 is 2.07 bits per heavy atom. The van der Waals surface area contributed by atoms with E-state index in [9.17, 15) is 20.0 Å². The highest BCUT2D eigenvalue weighted by Crippen LogP contribution is 2.56. The Bertz CT molecular complexity index is 1950. The van der Waals surface area contributed by atoms with Crippen molar-refractivity contribution in [3.63, 3.8) is 0 Å². The standard InChI is InChI=1S/C30H26FN7O3/c1-34-21-7-20(31)17(9-32)24-15(21)6-22-25(24)26(38-4-3-30(13-38)8-23(30)33)18(11-35-22)14-5-16-27(39)19(29(40)41)12-37(2)28(16)36-10-14/h5,7,10-12,23,34H,3-4,6,8,13,33H2,1-2H3,(H,40,41)/t23-,30+/m0/s1. The summed E-state index contributed by atoms with van der Waals surface area (Å²) in [6, 6.07) is 5.18. The van der Waals surface area contributed by atoms with Crippen LogP contribution in [0.2, 0.25) is 0 Å². The molecule has 0 amide bonds. The third-order valence-electron chi connectivity index (χ3n) is 9.00. The van der Waals surface area contributed by atoms with E-state index in [-0.39, 0.29) is 28.0 Å². The average Bonchev–Trinajstić information content (AvgIpc) is 3.26. The van der Waals surface area contributed by atoms with Gasteiger partial charge in [-0.3, -0.25) is 9.78 Å². The molecule has 2 aliphatic carbocycles. The number of pyridine rings is 3. The molecular formula is C30H26FN7O3. The Kier molecular flexibility index (Phi) is 5.27. The molecule has 11 heteroatoms. The largest absolute Gasteiger partial charge is 0.477 e. The second-order valence-corrected chi connectivity index (χ2v) is 11.2. The van der Waals surface area contributed by atoms with Crippen molar-refractivity contribution < 1.29 is 14.3 Å². The molecule has 4 heterocycles. The Balaban J connectivity index is 1.52. The summed E-state index contributed by atoms with van der Waals surface area (Å²) < 4.78 is 16.8. The van der Waals surface area contributed by atoms with E-state index in [1.807, 2.05) is 0 Å². The molecule has 1 aromatic carbocycles. The van der Waals surface area contributed by atoms with Gasteiger partial charge in [-0.25, -0.2) is 14.2 Å². The van der Waals surface area contributed by atoms with Gasteiger partial charge in [-0.1, -0.05) is 0 Å². The lowest BCUT2D eigenvalue weighted by Crippen LogP contribution is -2.24. The van der Waals surface area contributed by atoms with Crippen LogP contribution in [0.15, 0.2) is 35.5 Å². The van der Waals surface area contributed by atoms with Crippen LogP contribution in [0.3, 0.4) is 0 Å². The van der Waals surface area contributed by atoms with E-state index in [0.29, 0.717) is 53.1 Å². The first kappa shape index (κ1) is 25.2. The number of halogens is 1. The highest BCUT2D eigenvalue weighted by Gasteiger charge is 2.56. The number of aromatic nitrogens is 3. The van der Waals surface area contributed by atoms with Crippen LogP contribution in [-0.4, -0.2) is 51.8 Å². The van der Waals surface area contributed by atoms with Crippen LogP contribution in [0, 0.1) is 22.6 Å². The van der Waals surface area contributed by atoms with Crippen LogP contribution in [0.4, 0.5) is 15.8 Å². The quantitative estimate of drug-likeness (QED) is 0.306. The van der Waals surface area contributed by atoms with Gasteiger partial charge in [-0.05, 0) is 30.5 Å². The second-order valence-electron chi connectivity index (χ2n) is 11.2. The number of anilines is 2. The summed E-state index contributed by atoms with van der Waals surface area (Å²) in [6.07, 6.45) is 6.89. The number of nitriles is 1. The van der Waals surface area contributed by atoms with Gasteiger partial charge in [0.2, 0.25) is 5.43 Å². The van der Waals surface area contributed by atoms with E-state index < -0.39 is 17.2 Å². The third-order valence-corrected chi connectivity index (χ3v) is 9.00. The molecular weight excluding hydrogens is 525 g/mol. The highest BCUT2D eigenvalue weighted by molar-refractivity contribution is 6.00. The molecule has 10 nitrogen and oxygen atoms in total. The minimum atomic E-state index is -1.32. The first-order valence-corrected chi connectivity index (χ1v) is 13.4. The SMILES string of the molecule is CNc1cc(F)c(C#N)c2c1Cc1ncc(-c3cnc4c(c3)c(=O)c(C(=O)O)cn4C)c(N3CC[C@@]4(C[C@@H]4N)C3)c1-2. The van der Waals surface area contributed by atoms with Crippen LogP contribution >= 0.6 is 0 Å². The molecule has 4 aromatic rings. The number of benzene rings is 1.